The van der Waals surface area contributed by atoms with Crippen molar-refractivity contribution in [2.75, 3.05) is 25.0 Å². The number of aromatic nitrogens is 2. The Morgan fingerprint density at radius 1 is 1.21 bits per heavy atom. The fraction of sp³-hybridized carbons (Fsp3) is 0.450. The van der Waals surface area contributed by atoms with Gasteiger partial charge in [0.1, 0.15) is 5.82 Å². The van der Waals surface area contributed by atoms with E-state index < -0.39 is 0 Å². The first-order valence-electron chi connectivity index (χ1n) is 9.33. The second-order valence-electron chi connectivity index (χ2n) is 7.34. The topological polar surface area (TPSA) is 58.1 Å². The van der Waals surface area contributed by atoms with Gasteiger partial charge in [-0.15, -0.1) is 0 Å². The molecule has 1 aliphatic heterocycles. The van der Waals surface area contributed by atoms with Gasteiger partial charge in [0, 0.05) is 28.7 Å². The number of likely N-dealkylation sites (tertiary alicyclic amines) is 1. The number of rotatable bonds is 5. The summed E-state index contributed by atoms with van der Waals surface area (Å²) < 4.78 is 0. The van der Waals surface area contributed by atoms with Crippen molar-refractivity contribution < 1.29 is 4.79 Å². The lowest BCUT2D eigenvalue weighted by atomic mass is 9.93. The minimum absolute atomic E-state index is 0.145. The van der Waals surface area contributed by atoms with E-state index in [0.717, 1.165) is 37.4 Å². The van der Waals surface area contributed by atoms with E-state index in [1.165, 1.54) is 0 Å². The van der Waals surface area contributed by atoms with E-state index in [0.29, 0.717) is 39.1 Å². The molecule has 1 amide bonds. The fourth-order valence-corrected chi connectivity index (χ4v) is 4.24. The highest BCUT2D eigenvalue weighted by atomic mass is 35.5. The van der Waals surface area contributed by atoms with Gasteiger partial charge < -0.3 is 5.32 Å². The molecule has 1 N–H and O–H groups in total. The van der Waals surface area contributed by atoms with Gasteiger partial charge in [-0.05, 0) is 44.1 Å². The van der Waals surface area contributed by atoms with Crippen molar-refractivity contribution in [1.29, 1.82) is 0 Å². The zero-order valence-electron chi connectivity index (χ0n) is 15.9. The minimum atomic E-state index is -0.145. The van der Waals surface area contributed by atoms with Crippen LogP contribution >= 0.6 is 34.8 Å². The van der Waals surface area contributed by atoms with Crippen LogP contribution in [0.2, 0.25) is 15.1 Å². The van der Waals surface area contributed by atoms with E-state index in [1.807, 2.05) is 12.3 Å². The van der Waals surface area contributed by atoms with Crippen LogP contribution in [0.5, 0.6) is 0 Å². The fourth-order valence-electron chi connectivity index (χ4n) is 3.32. The van der Waals surface area contributed by atoms with Crippen molar-refractivity contribution in [3.63, 3.8) is 0 Å². The van der Waals surface area contributed by atoms with Crippen LogP contribution in [0.15, 0.2) is 24.4 Å². The molecule has 5 nitrogen and oxygen atoms in total. The first-order chi connectivity index (χ1) is 13.3. The van der Waals surface area contributed by atoms with Crippen molar-refractivity contribution in [2.24, 2.45) is 0 Å². The van der Waals surface area contributed by atoms with Gasteiger partial charge in [0.2, 0.25) is 5.91 Å². The van der Waals surface area contributed by atoms with Crippen molar-refractivity contribution in [3.05, 3.63) is 51.0 Å². The highest BCUT2D eigenvalue weighted by molar-refractivity contribution is 6.42. The number of benzene rings is 1. The number of hydrogen-bond acceptors (Lipinski definition) is 4. The number of amides is 1. The van der Waals surface area contributed by atoms with Crippen LogP contribution in [-0.4, -0.2) is 40.4 Å². The molecule has 0 saturated carbocycles. The van der Waals surface area contributed by atoms with Gasteiger partial charge in [0.15, 0.2) is 0 Å². The average molecular weight is 442 g/mol. The van der Waals surface area contributed by atoms with Gasteiger partial charge in [-0.25, -0.2) is 9.97 Å². The molecule has 1 aliphatic rings. The van der Waals surface area contributed by atoms with Crippen molar-refractivity contribution in [1.82, 2.24) is 14.9 Å². The lowest BCUT2D eigenvalue weighted by molar-refractivity contribution is -0.117. The first kappa shape index (κ1) is 21.3. The van der Waals surface area contributed by atoms with Gasteiger partial charge in [0.25, 0.3) is 0 Å². The lowest BCUT2D eigenvalue weighted by Crippen LogP contribution is -2.39. The summed E-state index contributed by atoms with van der Waals surface area (Å²) in [7, 11) is 0. The Bertz CT molecular complexity index is 828. The van der Waals surface area contributed by atoms with Crippen molar-refractivity contribution in [2.45, 2.75) is 38.5 Å². The predicted molar refractivity (Wildman–Crippen MR) is 115 cm³/mol. The second-order valence-corrected chi connectivity index (χ2v) is 8.59. The predicted octanol–water partition coefficient (Wildman–Crippen LogP) is 5.38. The molecule has 0 aliphatic carbocycles. The maximum Gasteiger partial charge on any atom is 0.238 e. The van der Waals surface area contributed by atoms with E-state index in [1.54, 1.807) is 12.1 Å². The Kier molecular flexibility index (Phi) is 7.15. The summed E-state index contributed by atoms with van der Waals surface area (Å²) in [5.74, 6) is 1.46. The molecule has 1 fully saturated rings. The van der Waals surface area contributed by atoms with E-state index >= 15 is 0 Å². The summed E-state index contributed by atoms with van der Waals surface area (Å²) in [5.41, 5.74) is 1.50. The number of piperidine rings is 1. The molecule has 150 valence electrons. The Labute approximate surface area is 180 Å². The van der Waals surface area contributed by atoms with Crippen LogP contribution in [-0.2, 0) is 4.79 Å². The van der Waals surface area contributed by atoms with Crippen LogP contribution < -0.4 is 5.32 Å². The summed E-state index contributed by atoms with van der Waals surface area (Å²) >= 11 is 18.2. The van der Waals surface area contributed by atoms with Crippen LogP contribution in [0, 0.1) is 0 Å². The Hall–Kier alpha value is -1.40. The molecule has 0 unspecified atom stereocenters. The van der Waals surface area contributed by atoms with Crippen LogP contribution in [0.3, 0.4) is 0 Å². The third kappa shape index (κ3) is 5.35. The SMILES string of the molecule is CC(C)c1nccc(C2CCN(CC(=O)Nc3c(Cl)cc(Cl)cc3Cl)CC2)n1. The Morgan fingerprint density at radius 3 is 2.46 bits per heavy atom. The highest BCUT2D eigenvalue weighted by Gasteiger charge is 2.24. The molecular formula is C20H23Cl3N4O. The van der Waals surface area contributed by atoms with Crippen molar-refractivity contribution >= 4 is 46.4 Å². The van der Waals surface area contributed by atoms with E-state index in [4.69, 9.17) is 39.8 Å². The molecule has 2 heterocycles. The number of carbonyl (C=O) groups is 1. The smallest absolute Gasteiger partial charge is 0.238 e. The van der Waals surface area contributed by atoms with Crippen LogP contribution in [0.25, 0.3) is 0 Å². The quantitative estimate of drug-likeness (QED) is 0.677. The number of nitrogens with one attached hydrogen (secondary N) is 1. The Morgan fingerprint density at radius 2 is 1.86 bits per heavy atom. The normalized spacial score (nSPS) is 15.8. The first-order valence-corrected chi connectivity index (χ1v) is 10.5. The van der Waals surface area contributed by atoms with Crippen molar-refractivity contribution in [3.8, 4) is 0 Å². The second kappa shape index (κ2) is 9.40. The summed E-state index contributed by atoms with van der Waals surface area (Å²) in [5, 5.41) is 3.88. The summed E-state index contributed by atoms with van der Waals surface area (Å²) in [6, 6.07) is 5.12. The Balaban J connectivity index is 1.54. The minimum Gasteiger partial charge on any atom is -0.322 e. The average Bonchev–Trinajstić information content (AvgIpc) is 2.65. The van der Waals surface area contributed by atoms with Crippen LogP contribution in [0.1, 0.15) is 50.0 Å². The van der Waals surface area contributed by atoms with E-state index in [-0.39, 0.29) is 5.91 Å². The molecule has 1 aromatic heterocycles. The molecular weight excluding hydrogens is 419 g/mol. The third-order valence-electron chi connectivity index (χ3n) is 4.86. The van der Waals surface area contributed by atoms with Gasteiger partial charge in [-0.3, -0.25) is 9.69 Å². The van der Waals surface area contributed by atoms with E-state index in [2.05, 4.69) is 29.0 Å². The summed E-state index contributed by atoms with van der Waals surface area (Å²) in [6.45, 7) is 6.16. The van der Waals surface area contributed by atoms with Gasteiger partial charge in [0.05, 0.1) is 22.3 Å². The third-order valence-corrected chi connectivity index (χ3v) is 5.67. The molecule has 2 aromatic rings. The maximum absolute atomic E-state index is 12.4. The number of halogens is 3. The van der Waals surface area contributed by atoms with Crippen LogP contribution in [0.4, 0.5) is 5.69 Å². The molecule has 0 atom stereocenters. The molecule has 3 rings (SSSR count). The van der Waals surface area contributed by atoms with E-state index in [9.17, 15) is 4.79 Å². The maximum atomic E-state index is 12.4. The number of carbonyl (C=O) groups excluding carboxylic acids is 1. The molecule has 0 spiro atoms. The molecule has 8 heteroatoms. The number of hydrogen-bond donors (Lipinski definition) is 1. The summed E-state index contributed by atoms with van der Waals surface area (Å²) in [6.07, 6.45) is 3.77. The highest BCUT2D eigenvalue weighted by Crippen LogP contribution is 2.34. The zero-order chi connectivity index (χ0) is 20.3. The van der Waals surface area contributed by atoms with Gasteiger partial charge >= 0.3 is 0 Å². The molecule has 0 radical (unpaired) electrons. The molecule has 1 saturated heterocycles. The largest absolute Gasteiger partial charge is 0.322 e. The summed E-state index contributed by atoms with van der Waals surface area (Å²) in [4.78, 5) is 23.6. The standard InChI is InChI=1S/C20H23Cl3N4O/c1-12(2)20-24-6-3-17(25-20)13-4-7-27(8-5-13)11-18(28)26-19-15(22)9-14(21)10-16(19)23/h3,6,9-10,12-13H,4-5,7-8,11H2,1-2H3,(H,26,28). The lowest BCUT2D eigenvalue weighted by Gasteiger charge is -2.31. The van der Waals surface area contributed by atoms with Gasteiger partial charge in [-0.1, -0.05) is 48.7 Å². The van der Waals surface area contributed by atoms with Gasteiger partial charge in [-0.2, -0.15) is 0 Å². The molecule has 0 bridgehead atoms. The molecule has 28 heavy (non-hydrogen) atoms. The zero-order valence-corrected chi connectivity index (χ0v) is 18.2. The monoisotopic (exact) mass is 440 g/mol. The number of anilines is 1. The molecule has 1 aromatic carbocycles. The number of nitrogens with zero attached hydrogens (tertiary/aromatic N) is 3.